The van der Waals surface area contributed by atoms with Gasteiger partial charge in [0.2, 0.25) is 5.91 Å². The average Bonchev–Trinajstić information content (AvgIpc) is 2.96. The monoisotopic (exact) mass is 343 g/mol. The van der Waals surface area contributed by atoms with Crippen LogP contribution in [0.25, 0.3) is 0 Å². The van der Waals surface area contributed by atoms with Gasteiger partial charge in [-0.05, 0) is 40.5 Å². The van der Waals surface area contributed by atoms with Gasteiger partial charge in [0.05, 0.1) is 11.6 Å². The Morgan fingerprint density at radius 2 is 2.09 bits per heavy atom. The largest absolute Gasteiger partial charge is 0.301 e. The normalized spacial score (nSPS) is 22.0. The van der Waals surface area contributed by atoms with Crippen molar-refractivity contribution in [3.63, 3.8) is 0 Å². The molecule has 1 aliphatic rings. The molecule has 122 valence electrons. The van der Waals surface area contributed by atoms with Crippen LogP contribution < -0.4 is 10.0 Å². The van der Waals surface area contributed by atoms with Crippen molar-refractivity contribution < 1.29 is 13.2 Å². The third-order valence-electron chi connectivity index (χ3n) is 3.25. The zero-order chi connectivity index (χ0) is 16.6. The molecule has 1 aromatic rings. The number of aromatic nitrogens is 1. The number of hydrogen-bond donors (Lipinski definition) is 2. The topological polar surface area (TPSA) is 88.2 Å². The van der Waals surface area contributed by atoms with Gasteiger partial charge in [-0.3, -0.25) is 4.79 Å². The summed E-state index contributed by atoms with van der Waals surface area (Å²) in [5, 5.41) is 3.00. The SMILES string of the molecule is CC(C)(C)NS(=O)(=O)c1cnc(NC(=O)C2(C)C=CCC2)s1. The van der Waals surface area contributed by atoms with Crippen LogP contribution in [-0.4, -0.2) is 24.8 Å². The summed E-state index contributed by atoms with van der Waals surface area (Å²) in [6.45, 7) is 7.16. The van der Waals surface area contributed by atoms with Crippen molar-refractivity contribution in [3.05, 3.63) is 18.3 Å². The molecule has 0 aliphatic heterocycles. The molecule has 0 spiro atoms. The maximum absolute atomic E-state index is 12.3. The fourth-order valence-corrected chi connectivity index (χ4v) is 4.58. The van der Waals surface area contributed by atoms with E-state index in [2.05, 4.69) is 15.0 Å². The van der Waals surface area contributed by atoms with Gasteiger partial charge >= 0.3 is 0 Å². The van der Waals surface area contributed by atoms with Crippen molar-refractivity contribution in [2.24, 2.45) is 5.41 Å². The molecule has 1 heterocycles. The Hall–Kier alpha value is -1.25. The summed E-state index contributed by atoms with van der Waals surface area (Å²) < 4.78 is 27.1. The quantitative estimate of drug-likeness (QED) is 0.822. The van der Waals surface area contributed by atoms with Crippen LogP contribution >= 0.6 is 11.3 Å². The molecule has 6 nitrogen and oxygen atoms in total. The Morgan fingerprint density at radius 3 is 2.64 bits per heavy atom. The van der Waals surface area contributed by atoms with Gasteiger partial charge in [-0.25, -0.2) is 18.1 Å². The third kappa shape index (κ3) is 3.93. The summed E-state index contributed by atoms with van der Waals surface area (Å²) in [6.07, 6.45) is 6.75. The summed E-state index contributed by atoms with van der Waals surface area (Å²) in [6, 6.07) is 0. The molecule has 1 aliphatic carbocycles. The van der Waals surface area contributed by atoms with Crippen LogP contribution in [0.5, 0.6) is 0 Å². The number of thiazole rings is 1. The molecule has 0 radical (unpaired) electrons. The lowest BCUT2D eigenvalue weighted by molar-refractivity contribution is -0.122. The van der Waals surface area contributed by atoms with E-state index in [0.29, 0.717) is 5.13 Å². The third-order valence-corrected chi connectivity index (χ3v) is 6.38. The van der Waals surface area contributed by atoms with Crippen molar-refractivity contribution in [1.82, 2.24) is 9.71 Å². The minimum Gasteiger partial charge on any atom is -0.301 e. The van der Waals surface area contributed by atoms with Gasteiger partial charge in [0.25, 0.3) is 10.0 Å². The summed E-state index contributed by atoms with van der Waals surface area (Å²) >= 11 is 0.949. The summed E-state index contributed by atoms with van der Waals surface area (Å²) in [5.74, 6) is -0.164. The zero-order valence-corrected chi connectivity index (χ0v) is 14.8. The van der Waals surface area contributed by atoms with Crippen molar-refractivity contribution in [3.8, 4) is 0 Å². The van der Waals surface area contributed by atoms with E-state index < -0.39 is 21.0 Å². The predicted molar refractivity (Wildman–Crippen MR) is 87.3 cm³/mol. The smallest absolute Gasteiger partial charge is 0.252 e. The molecule has 2 N–H and O–H groups in total. The van der Waals surface area contributed by atoms with E-state index in [1.807, 2.05) is 19.1 Å². The van der Waals surface area contributed by atoms with Crippen LogP contribution in [0.2, 0.25) is 0 Å². The second-order valence-corrected chi connectivity index (χ2v) is 9.59. The van der Waals surface area contributed by atoms with Gasteiger partial charge in [0.1, 0.15) is 0 Å². The lowest BCUT2D eigenvalue weighted by Crippen LogP contribution is -2.40. The number of hydrogen-bond acceptors (Lipinski definition) is 5. The lowest BCUT2D eigenvalue weighted by atomic mass is 9.89. The fourth-order valence-electron chi connectivity index (χ4n) is 2.13. The number of carbonyl (C=O) groups is 1. The van der Waals surface area contributed by atoms with Gasteiger partial charge in [-0.1, -0.05) is 23.5 Å². The predicted octanol–water partition coefficient (Wildman–Crippen LogP) is 2.51. The van der Waals surface area contributed by atoms with Crippen LogP contribution in [0.4, 0.5) is 5.13 Å². The standard InChI is InChI=1S/C14H21N3O3S2/c1-13(2,3)17-22(19,20)10-9-15-12(21-10)16-11(18)14(4)7-5-6-8-14/h5,7,9,17H,6,8H2,1-4H3,(H,15,16,18). The fraction of sp³-hybridized carbons (Fsp3) is 0.571. The minimum absolute atomic E-state index is 0.0878. The molecular formula is C14H21N3O3S2. The summed E-state index contributed by atoms with van der Waals surface area (Å²) in [5.41, 5.74) is -1.12. The average molecular weight is 343 g/mol. The maximum Gasteiger partial charge on any atom is 0.252 e. The van der Waals surface area contributed by atoms with Crippen molar-refractivity contribution in [1.29, 1.82) is 0 Å². The molecule has 0 saturated carbocycles. The van der Waals surface area contributed by atoms with Gasteiger partial charge < -0.3 is 5.32 Å². The Morgan fingerprint density at radius 1 is 1.41 bits per heavy atom. The number of allylic oxidation sites excluding steroid dienone is 1. The maximum atomic E-state index is 12.3. The first kappa shape index (κ1) is 17.1. The highest BCUT2D eigenvalue weighted by Gasteiger charge is 2.33. The van der Waals surface area contributed by atoms with Crippen LogP contribution in [-0.2, 0) is 14.8 Å². The zero-order valence-electron chi connectivity index (χ0n) is 13.1. The second-order valence-electron chi connectivity index (χ2n) is 6.65. The van der Waals surface area contributed by atoms with E-state index in [1.165, 1.54) is 6.20 Å². The molecule has 1 atom stereocenters. The van der Waals surface area contributed by atoms with Gasteiger partial charge in [0.15, 0.2) is 9.34 Å². The van der Waals surface area contributed by atoms with Crippen molar-refractivity contribution in [2.75, 3.05) is 5.32 Å². The van der Waals surface area contributed by atoms with Crippen LogP contribution in [0, 0.1) is 5.41 Å². The Labute approximate surface area is 135 Å². The van der Waals surface area contributed by atoms with Gasteiger partial charge in [-0.2, -0.15) is 0 Å². The molecule has 1 amide bonds. The van der Waals surface area contributed by atoms with Crippen LogP contribution in [0.1, 0.15) is 40.5 Å². The van der Waals surface area contributed by atoms with E-state index in [0.717, 1.165) is 24.2 Å². The first-order chi connectivity index (χ1) is 10.0. The summed E-state index contributed by atoms with van der Waals surface area (Å²) in [4.78, 5) is 16.3. The van der Waals surface area contributed by atoms with E-state index >= 15 is 0 Å². The first-order valence-corrected chi connectivity index (χ1v) is 9.31. The number of anilines is 1. The molecule has 1 unspecified atom stereocenters. The highest BCUT2D eigenvalue weighted by molar-refractivity contribution is 7.91. The number of amides is 1. The molecular weight excluding hydrogens is 322 g/mol. The molecule has 8 heteroatoms. The molecule has 22 heavy (non-hydrogen) atoms. The van der Waals surface area contributed by atoms with Gasteiger partial charge in [0, 0.05) is 5.54 Å². The molecule has 0 saturated heterocycles. The lowest BCUT2D eigenvalue weighted by Gasteiger charge is -2.19. The van der Waals surface area contributed by atoms with E-state index in [-0.39, 0.29) is 10.1 Å². The van der Waals surface area contributed by atoms with Crippen molar-refractivity contribution >= 4 is 32.4 Å². The van der Waals surface area contributed by atoms with E-state index in [1.54, 1.807) is 20.8 Å². The molecule has 1 aromatic heterocycles. The Bertz CT molecular complexity index is 701. The number of carbonyl (C=O) groups excluding carboxylic acids is 1. The minimum atomic E-state index is -3.63. The second kappa shape index (κ2) is 5.75. The van der Waals surface area contributed by atoms with E-state index in [9.17, 15) is 13.2 Å². The molecule has 0 bridgehead atoms. The van der Waals surface area contributed by atoms with Gasteiger partial charge in [-0.15, -0.1) is 0 Å². The molecule has 0 aromatic carbocycles. The molecule has 2 rings (SSSR count). The Kier molecular flexibility index (Phi) is 4.47. The number of rotatable bonds is 4. The highest BCUT2D eigenvalue weighted by atomic mass is 32.2. The van der Waals surface area contributed by atoms with Crippen molar-refractivity contribution in [2.45, 2.75) is 50.3 Å². The summed E-state index contributed by atoms with van der Waals surface area (Å²) in [7, 11) is -3.63. The Balaban J connectivity index is 2.12. The number of nitrogens with one attached hydrogen (secondary N) is 2. The highest BCUT2D eigenvalue weighted by Crippen LogP contribution is 2.33. The van der Waals surface area contributed by atoms with Crippen LogP contribution in [0.15, 0.2) is 22.6 Å². The molecule has 0 fully saturated rings. The number of sulfonamides is 1. The number of nitrogens with zero attached hydrogens (tertiary/aromatic N) is 1. The van der Waals surface area contributed by atoms with Crippen LogP contribution in [0.3, 0.4) is 0 Å². The first-order valence-electron chi connectivity index (χ1n) is 7.01. The van der Waals surface area contributed by atoms with E-state index in [4.69, 9.17) is 0 Å².